The lowest BCUT2D eigenvalue weighted by Crippen LogP contribution is -2.05. The second-order valence-electron chi connectivity index (χ2n) is 3.44. The number of nitrogens with zero attached hydrogens (tertiary/aromatic N) is 2. The molecule has 14 heavy (non-hydrogen) atoms. The molecule has 0 aromatic carbocycles. The Morgan fingerprint density at radius 3 is 3.07 bits per heavy atom. The average molecular weight is 212 g/mol. The Kier molecular flexibility index (Phi) is 2.50. The van der Waals surface area contributed by atoms with Gasteiger partial charge in [-0.25, -0.2) is 4.79 Å². The third kappa shape index (κ3) is 1.64. The van der Waals surface area contributed by atoms with Crippen molar-refractivity contribution in [1.82, 2.24) is 9.78 Å². The maximum absolute atomic E-state index is 10.8. The first-order valence-electron chi connectivity index (χ1n) is 4.53. The Hall–Kier alpha value is -0.970. The van der Waals surface area contributed by atoms with Gasteiger partial charge in [0, 0.05) is 18.7 Å². The first-order chi connectivity index (χ1) is 6.68. The molecule has 0 radical (unpaired) electrons. The molecule has 1 aromatic rings. The molecule has 1 saturated heterocycles. The number of hydrogen-bond donors (Lipinski definition) is 1. The van der Waals surface area contributed by atoms with Gasteiger partial charge in [-0.2, -0.15) is 16.9 Å². The summed E-state index contributed by atoms with van der Waals surface area (Å²) in [6.45, 7) is 0. The van der Waals surface area contributed by atoms with Gasteiger partial charge < -0.3 is 5.11 Å². The Bertz CT molecular complexity index is 356. The van der Waals surface area contributed by atoms with E-state index in [0.717, 1.165) is 23.6 Å². The maximum Gasteiger partial charge on any atom is 0.354 e. The molecule has 4 nitrogen and oxygen atoms in total. The first kappa shape index (κ1) is 9.58. The van der Waals surface area contributed by atoms with E-state index in [9.17, 15) is 4.79 Å². The van der Waals surface area contributed by atoms with Gasteiger partial charge in [0.25, 0.3) is 0 Å². The molecule has 1 aliphatic heterocycles. The van der Waals surface area contributed by atoms with Crippen LogP contribution in [0.3, 0.4) is 0 Å². The van der Waals surface area contributed by atoms with Crippen LogP contribution in [0.15, 0.2) is 6.07 Å². The van der Waals surface area contributed by atoms with Crippen LogP contribution in [0.4, 0.5) is 0 Å². The van der Waals surface area contributed by atoms with Crippen LogP contribution in [0, 0.1) is 0 Å². The van der Waals surface area contributed by atoms with Crippen molar-refractivity contribution in [2.45, 2.75) is 12.3 Å². The number of thioether (sulfide) groups is 1. The van der Waals surface area contributed by atoms with Crippen LogP contribution in [0.25, 0.3) is 0 Å². The summed E-state index contributed by atoms with van der Waals surface area (Å²) in [5, 5.41) is 13.1. The number of aromatic nitrogens is 2. The molecule has 2 rings (SSSR count). The van der Waals surface area contributed by atoms with E-state index in [0.29, 0.717) is 5.92 Å². The zero-order chi connectivity index (χ0) is 10.1. The highest BCUT2D eigenvalue weighted by Gasteiger charge is 2.22. The fourth-order valence-corrected chi connectivity index (χ4v) is 2.90. The molecule has 1 aliphatic rings. The van der Waals surface area contributed by atoms with Crippen molar-refractivity contribution < 1.29 is 9.90 Å². The molecule has 5 heteroatoms. The van der Waals surface area contributed by atoms with E-state index >= 15 is 0 Å². The molecule has 0 saturated carbocycles. The topological polar surface area (TPSA) is 55.1 Å². The van der Waals surface area contributed by atoms with E-state index in [-0.39, 0.29) is 5.69 Å². The molecule has 0 amide bonds. The van der Waals surface area contributed by atoms with Crippen LogP contribution >= 0.6 is 11.8 Å². The fraction of sp³-hybridized carbons (Fsp3) is 0.556. The summed E-state index contributed by atoms with van der Waals surface area (Å²) >= 11 is 1.90. The quantitative estimate of drug-likeness (QED) is 0.803. The second kappa shape index (κ2) is 3.65. The van der Waals surface area contributed by atoms with Gasteiger partial charge in [0.1, 0.15) is 5.69 Å². The highest BCUT2D eigenvalue weighted by Crippen LogP contribution is 2.31. The smallest absolute Gasteiger partial charge is 0.354 e. The summed E-state index contributed by atoms with van der Waals surface area (Å²) in [6.07, 6.45) is 1.11. The first-order valence-corrected chi connectivity index (χ1v) is 5.69. The van der Waals surface area contributed by atoms with E-state index in [2.05, 4.69) is 5.10 Å². The summed E-state index contributed by atoms with van der Waals surface area (Å²) in [5.41, 5.74) is 1.20. The van der Waals surface area contributed by atoms with Gasteiger partial charge in [0.15, 0.2) is 0 Å². The van der Waals surface area contributed by atoms with Crippen LogP contribution < -0.4 is 0 Å². The van der Waals surface area contributed by atoms with Gasteiger partial charge >= 0.3 is 5.97 Å². The molecule has 2 heterocycles. The summed E-state index contributed by atoms with van der Waals surface area (Å²) in [4.78, 5) is 10.8. The van der Waals surface area contributed by atoms with Gasteiger partial charge in [-0.1, -0.05) is 0 Å². The summed E-state index contributed by atoms with van der Waals surface area (Å²) in [7, 11) is 1.68. The summed E-state index contributed by atoms with van der Waals surface area (Å²) < 4.78 is 1.45. The predicted molar refractivity (Wildman–Crippen MR) is 54.9 cm³/mol. The normalized spacial score (nSPS) is 21.4. The van der Waals surface area contributed by atoms with Crippen molar-refractivity contribution in [1.29, 1.82) is 0 Å². The zero-order valence-electron chi connectivity index (χ0n) is 7.93. The van der Waals surface area contributed by atoms with Crippen LogP contribution in [-0.2, 0) is 7.05 Å². The number of carboxylic acids is 1. The predicted octanol–water partition coefficient (Wildman–Crippen LogP) is 1.34. The van der Waals surface area contributed by atoms with Crippen LogP contribution in [-0.4, -0.2) is 32.4 Å². The van der Waals surface area contributed by atoms with Crippen LogP contribution in [0.2, 0.25) is 0 Å². The summed E-state index contributed by atoms with van der Waals surface area (Å²) in [5.74, 6) is 1.76. The van der Waals surface area contributed by atoms with Gasteiger partial charge in [0.05, 0.1) is 5.69 Å². The Labute approximate surface area is 86.3 Å². The van der Waals surface area contributed by atoms with Gasteiger partial charge in [0.2, 0.25) is 0 Å². The minimum absolute atomic E-state index is 0.275. The molecule has 1 unspecified atom stereocenters. The second-order valence-corrected chi connectivity index (χ2v) is 4.59. The minimum Gasteiger partial charge on any atom is -0.477 e. The maximum atomic E-state index is 10.8. The van der Waals surface area contributed by atoms with E-state index in [4.69, 9.17) is 5.11 Å². The number of aromatic carboxylic acids is 1. The van der Waals surface area contributed by atoms with Crippen LogP contribution in [0.5, 0.6) is 0 Å². The van der Waals surface area contributed by atoms with Gasteiger partial charge in [-0.3, -0.25) is 4.68 Å². The molecule has 76 valence electrons. The molecule has 1 atom stereocenters. The average Bonchev–Trinajstić information content (AvgIpc) is 2.70. The van der Waals surface area contributed by atoms with E-state index < -0.39 is 5.97 Å². The van der Waals surface area contributed by atoms with Crippen LogP contribution in [0.1, 0.15) is 28.5 Å². The molecule has 0 spiro atoms. The molecular formula is C9H12N2O2S. The molecule has 0 bridgehead atoms. The summed E-state index contributed by atoms with van der Waals surface area (Å²) in [6, 6.07) is 1.69. The number of hydrogen-bond acceptors (Lipinski definition) is 3. The molecule has 1 aromatic heterocycles. The van der Waals surface area contributed by atoms with Gasteiger partial charge in [-0.15, -0.1) is 0 Å². The number of rotatable bonds is 2. The van der Waals surface area contributed by atoms with Crippen molar-refractivity contribution in [3.63, 3.8) is 0 Å². The number of carbonyl (C=O) groups is 1. The standard InChI is InChI=1S/C9H12N2O2S/c1-11-8(9(12)13)4-7(10-11)6-2-3-14-5-6/h4,6H,2-3,5H2,1H3,(H,12,13). The molecular weight excluding hydrogens is 200 g/mol. The van der Waals surface area contributed by atoms with Crippen molar-refractivity contribution in [2.75, 3.05) is 11.5 Å². The molecule has 1 fully saturated rings. The van der Waals surface area contributed by atoms with Gasteiger partial charge in [-0.05, 0) is 18.2 Å². The Balaban J connectivity index is 2.27. The zero-order valence-corrected chi connectivity index (χ0v) is 8.75. The van der Waals surface area contributed by atoms with Crippen molar-refractivity contribution in [2.24, 2.45) is 7.05 Å². The van der Waals surface area contributed by atoms with E-state index in [1.807, 2.05) is 11.8 Å². The fourth-order valence-electron chi connectivity index (χ4n) is 1.66. The third-order valence-corrected chi connectivity index (χ3v) is 3.63. The Morgan fingerprint density at radius 2 is 2.57 bits per heavy atom. The Morgan fingerprint density at radius 1 is 1.79 bits per heavy atom. The molecule has 0 aliphatic carbocycles. The molecule has 1 N–H and O–H groups in total. The monoisotopic (exact) mass is 212 g/mol. The highest BCUT2D eigenvalue weighted by atomic mass is 32.2. The lowest BCUT2D eigenvalue weighted by molar-refractivity contribution is 0.0685. The van der Waals surface area contributed by atoms with E-state index in [1.165, 1.54) is 4.68 Å². The SMILES string of the molecule is Cn1nc(C2CCSC2)cc1C(=O)O. The lowest BCUT2D eigenvalue weighted by atomic mass is 10.1. The van der Waals surface area contributed by atoms with Crippen molar-refractivity contribution in [3.8, 4) is 0 Å². The highest BCUT2D eigenvalue weighted by molar-refractivity contribution is 7.99. The lowest BCUT2D eigenvalue weighted by Gasteiger charge is -2.01. The van der Waals surface area contributed by atoms with Crippen molar-refractivity contribution in [3.05, 3.63) is 17.5 Å². The minimum atomic E-state index is -0.906. The largest absolute Gasteiger partial charge is 0.477 e. The third-order valence-electron chi connectivity index (χ3n) is 2.47. The number of carboxylic acid groups (broad SMARTS) is 1. The van der Waals surface area contributed by atoms with E-state index in [1.54, 1.807) is 13.1 Å². The number of aryl methyl sites for hydroxylation is 1. The van der Waals surface area contributed by atoms with Crippen molar-refractivity contribution >= 4 is 17.7 Å².